The molecular formula is C14H15N5O3S. The molecule has 1 amide bonds. The Morgan fingerprint density at radius 1 is 1.48 bits per heavy atom. The van der Waals surface area contributed by atoms with Crippen LogP contribution >= 0.6 is 11.3 Å². The molecule has 0 fully saturated rings. The van der Waals surface area contributed by atoms with Crippen molar-refractivity contribution in [2.45, 2.75) is 26.7 Å². The van der Waals surface area contributed by atoms with E-state index in [1.54, 1.807) is 6.92 Å². The lowest BCUT2D eigenvalue weighted by Crippen LogP contribution is -2.25. The monoisotopic (exact) mass is 333 g/mol. The first kappa shape index (κ1) is 15.3. The Balaban J connectivity index is 1.70. The number of thiophene rings is 1. The van der Waals surface area contributed by atoms with E-state index in [4.69, 9.17) is 4.52 Å². The second kappa shape index (κ2) is 6.29. The van der Waals surface area contributed by atoms with Gasteiger partial charge in [0.05, 0.1) is 16.6 Å². The van der Waals surface area contributed by atoms with E-state index in [9.17, 15) is 9.59 Å². The summed E-state index contributed by atoms with van der Waals surface area (Å²) in [4.78, 5) is 36.0. The molecule has 9 heteroatoms. The Morgan fingerprint density at radius 2 is 2.30 bits per heavy atom. The number of carbonyl (C=O) groups is 1. The van der Waals surface area contributed by atoms with E-state index in [0.29, 0.717) is 51.8 Å². The molecule has 8 nitrogen and oxygen atoms in total. The minimum Gasteiger partial charge on any atom is -0.351 e. The third-order valence-electron chi connectivity index (χ3n) is 3.39. The highest BCUT2D eigenvalue weighted by Gasteiger charge is 2.18. The fraction of sp³-hybridized carbons (Fsp3) is 0.357. The standard InChI is InChI=1S/C14H15N5O3S/c1-3-8-18-9(22-19-8)4-5-15-13(21)11-7(2)10-12(20)16-6-17-14(10)23-11/h6H,3-5H2,1-2H3,(H,15,21)(H,16,17,20). The molecule has 0 saturated carbocycles. The fourth-order valence-electron chi connectivity index (χ4n) is 2.19. The zero-order valence-electron chi connectivity index (χ0n) is 12.7. The third kappa shape index (κ3) is 3.00. The lowest BCUT2D eigenvalue weighted by molar-refractivity contribution is 0.0957. The van der Waals surface area contributed by atoms with E-state index in [-0.39, 0.29) is 11.5 Å². The van der Waals surface area contributed by atoms with Gasteiger partial charge in [0, 0.05) is 19.4 Å². The maximum atomic E-state index is 12.3. The summed E-state index contributed by atoms with van der Waals surface area (Å²) >= 11 is 1.21. The number of hydrogen-bond acceptors (Lipinski definition) is 7. The molecular weight excluding hydrogens is 318 g/mol. The smallest absolute Gasteiger partial charge is 0.261 e. The highest BCUT2D eigenvalue weighted by Crippen LogP contribution is 2.26. The number of nitrogens with one attached hydrogen (secondary N) is 2. The minimum absolute atomic E-state index is 0.235. The van der Waals surface area contributed by atoms with Crippen LogP contribution in [0.1, 0.15) is 33.9 Å². The van der Waals surface area contributed by atoms with Gasteiger partial charge in [0.1, 0.15) is 4.83 Å². The van der Waals surface area contributed by atoms with E-state index >= 15 is 0 Å². The zero-order valence-corrected chi connectivity index (χ0v) is 13.5. The molecule has 3 rings (SSSR count). The van der Waals surface area contributed by atoms with Gasteiger partial charge in [-0.2, -0.15) is 4.98 Å². The molecule has 0 aromatic carbocycles. The van der Waals surface area contributed by atoms with Crippen molar-refractivity contribution < 1.29 is 9.32 Å². The SMILES string of the molecule is CCc1noc(CCNC(=O)c2sc3nc[nH]c(=O)c3c2C)n1. The minimum atomic E-state index is -0.236. The first-order chi connectivity index (χ1) is 11.1. The molecule has 0 spiro atoms. The van der Waals surface area contributed by atoms with Gasteiger partial charge < -0.3 is 14.8 Å². The van der Waals surface area contributed by atoms with E-state index in [0.717, 1.165) is 0 Å². The number of hydrogen-bond donors (Lipinski definition) is 2. The summed E-state index contributed by atoms with van der Waals surface area (Å²) in [5.74, 6) is 0.908. The topological polar surface area (TPSA) is 114 Å². The van der Waals surface area contributed by atoms with Crippen molar-refractivity contribution in [1.82, 2.24) is 25.4 Å². The summed E-state index contributed by atoms with van der Waals surface area (Å²) in [6.45, 7) is 4.06. The Hall–Kier alpha value is -2.55. The van der Waals surface area contributed by atoms with Crippen molar-refractivity contribution in [2.75, 3.05) is 6.54 Å². The number of carbonyl (C=O) groups excluding carboxylic acids is 1. The molecule has 0 unspecified atom stereocenters. The second-order valence-corrected chi connectivity index (χ2v) is 5.93. The van der Waals surface area contributed by atoms with Crippen LogP contribution in [-0.4, -0.2) is 32.6 Å². The van der Waals surface area contributed by atoms with Gasteiger partial charge in [0.2, 0.25) is 5.89 Å². The predicted molar refractivity (Wildman–Crippen MR) is 84.7 cm³/mol. The quantitative estimate of drug-likeness (QED) is 0.725. The van der Waals surface area contributed by atoms with Crippen LogP contribution in [0.4, 0.5) is 0 Å². The van der Waals surface area contributed by atoms with Crippen molar-refractivity contribution >= 4 is 27.5 Å². The van der Waals surface area contributed by atoms with Crippen LogP contribution in [0, 0.1) is 6.92 Å². The van der Waals surface area contributed by atoms with Crippen LogP contribution in [0.25, 0.3) is 10.2 Å². The van der Waals surface area contributed by atoms with Crippen LogP contribution in [0.15, 0.2) is 15.6 Å². The lowest BCUT2D eigenvalue weighted by atomic mass is 10.2. The van der Waals surface area contributed by atoms with E-state index < -0.39 is 0 Å². The fourth-order valence-corrected chi connectivity index (χ4v) is 3.26. The summed E-state index contributed by atoms with van der Waals surface area (Å²) in [6, 6.07) is 0. The number of amides is 1. The van der Waals surface area contributed by atoms with Crippen molar-refractivity contribution in [3.05, 3.63) is 38.8 Å². The Kier molecular flexibility index (Phi) is 4.20. The van der Waals surface area contributed by atoms with Gasteiger partial charge in [-0.3, -0.25) is 9.59 Å². The molecule has 3 aromatic rings. The highest BCUT2D eigenvalue weighted by atomic mass is 32.1. The average Bonchev–Trinajstić information content (AvgIpc) is 3.12. The molecule has 0 aliphatic rings. The number of nitrogens with zero attached hydrogens (tertiary/aromatic N) is 3. The number of rotatable bonds is 5. The summed E-state index contributed by atoms with van der Waals surface area (Å²) in [5.41, 5.74) is 0.406. The van der Waals surface area contributed by atoms with Gasteiger partial charge in [-0.25, -0.2) is 4.98 Å². The van der Waals surface area contributed by atoms with Crippen molar-refractivity contribution in [2.24, 2.45) is 0 Å². The number of aryl methyl sites for hydroxylation is 2. The summed E-state index contributed by atoms with van der Waals surface area (Å²) in [5, 5.41) is 7.06. The molecule has 120 valence electrons. The molecule has 0 atom stereocenters. The molecule has 0 aliphatic heterocycles. The first-order valence-corrected chi connectivity index (χ1v) is 7.98. The largest absolute Gasteiger partial charge is 0.351 e. The van der Waals surface area contributed by atoms with Gasteiger partial charge in [0.15, 0.2) is 5.82 Å². The van der Waals surface area contributed by atoms with Crippen LogP contribution in [0.2, 0.25) is 0 Å². The van der Waals surface area contributed by atoms with Crippen LogP contribution in [0.5, 0.6) is 0 Å². The number of aromatic nitrogens is 4. The Labute approximate surface area is 134 Å². The average molecular weight is 333 g/mol. The molecule has 2 N–H and O–H groups in total. The molecule has 0 aliphatic carbocycles. The Morgan fingerprint density at radius 3 is 3.00 bits per heavy atom. The second-order valence-electron chi connectivity index (χ2n) is 4.93. The summed E-state index contributed by atoms with van der Waals surface area (Å²) < 4.78 is 5.07. The van der Waals surface area contributed by atoms with E-state index in [2.05, 4.69) is 25.4 Å². The number of aromatic amines is 1. The van der Waals surface area contributed by atoms with Crippen molar-refractivity contribution in [3.8, 4) is 0 Å². The normalized spacial score (nSPS) is 11.0. The van der Waals surface area contributed by atoms with E-state index in [1.165, 1.54) is 17.7 Å². The van der Waals surface area contributed by atoms with Crippen LogP contribution < -0.4 is 10.9 Å². The van der Waals surface area contributed by atoms with Gasteiger partial charge in [-0.1, -0.05) is 12.1 Å². The molecule has 23 heavy (non-hydrogen) atoms. The molecule has 3 aromatic heterocycles. The van der Waals surface area contributed by atoms with Crippen molar-refractivity contribution in [1.29, 1.82) is 0 Å². The maximum absolute atomic E-state index is 12.3. The van der Waals surface area contributed by atoms with E-state index in [1.807, 2.05) is 6.92 Å². The molecule has 0 bridgehead atoms. The number of fused-ring (bicyclic) bond motifs is 1. The lowest BCUT2D eigenvalue weighted by Gasteiger charge is -2.02. The van der Waals surface area contributed by atoms with Gasteiger partial charge in [-0.05, 0) is 12.5 Å². The molecule has 0 saturated heterocycles. The predicted octanol–water partition coefficient (Wildman–Crippen LogP) is 1.21. The summed E-state index contributed by atoms with van der Waals surface area (Å²) in [7, 11) is 0. The maximum Gasteiger partial charge on any atom is 0.261 e. The van der Waals surface area contributed by atoms with Gasteiger partial charge >= 0.3 is 0 Å². The van der Waals surface area contributed by atoms with Crippen molar-refractivity contribution in [3.63, 3.8) is 0 Å². The summed E-state index contributed by atoms with van der Waals surface area (Å²) in [6.07, 6.45) is 2.50. The zero-order chi connectivity index (χ0) is 16.4. The van der Waals surface area contributed by atoms with Crippen LogP contribution in [-0.2, 0) is 12.8 Å². The Bertz CT molecular complexity index is 911. The van der Waals surface area contributed by atoms with Crippen LogP contribution in [0.3, 0.4) is 0 Å². The molecule has 0 radical (unpaired) electrons. The number of H-pyrrole nitrogens is 1. The highest BCUT2D eigenvalue weighted by molar-refractivity contribution is 7.20. The van der Waals surface area contributed by atoms with Gasteiger partial charge in [-0.15, -0.1) is 11.3 Å². The first-order valence-electron chi connectivity index (χ1n) is 7.16. The third-order valence-corrected chi connectivity index (χ3v) is 4.59. The van der Waals surface area contributed by atoms with Gasteiger partial charge in [0.25, 0.3) is 11.5 Å². The molecule has 3 heterocycles.